The van der Waals surface area contributed by atoms with E-state index in [0.717, 1.165) is 53.4 Å². The molecule has 4 nitrogen and oxygen atoms in total. The Labute approximate surface area is 168 Å². The van der Waals surface area contributed by atoms with Gasteiger partial charge in [-0.15, -0.1) is 11.8 Å². The summed E-state index contributed by atoms with van der Waals surface area (Å²) < 4.78 is 0. The molecule has 0 aliphatic carbocycles. The van der Waals surface area contributed by atoms with Crippen molar-refractivity contribution in [2.45, 2.75) is 36.6 Å². The van der Waals surface area contributed by atoms with E-state index in [-0.39, 0.29) is 11.9 Å². The number of hydrogen-bond acceptors (Lipinski definition) is 3. The summed E-state index contributed by atoms with van der Waals surface area (Å²) in [7, 11) is 0. The zero-order valence-corrected chi connectivity index (χ0v) is 16.6. The molecule has 1 aromatic heterocycles. The van der Waals surface area contributed by atoms with E-state index in [4.69, 9.17) is 16.6 Å². The summed E-state index contributed by atoms with van der Waals surface area (Å²) in [5, 5.41) is 0.750. The minimum absolute atomic E-state index is 0.0776. The Morgan fingerprint density at radius 3 is 2.85 bits per heavy atom. The lowest BCUT2D eigenvalue weighted by atomic mass is 10.2. The van der Waals surface area contributed by atoms with E-state index in [2.05, 4.69) is 4.98 Å². The number of para-hydroxylation sites is 2. The zero-order chi connectivity index (χ0) is 18.6. The van der Waals surface area contributed by atoms with Crippen molar-refractivity contribution in [3.8, 4) is 0 Å². The molecule has 3 aromatic rings. The van der Waals surface area contributed by atoms with Gasteiger partial charge in [-0.05, 0) is 61.4 Å². The van der Waals surface area contributed by atoms with Gasteiger partial charge in [0.05, 0.1) is 17.1 Å². The molecule has 1 unspecified atom stereocenters. The minimum atomic E-state index is 0.0776. The van der Waals surface area contributed by atoms with E-state index in [1.807, 2.05) is 53.4 Å². The maximum Gasteiger partial charge on any atom is 0.223 e. The van der Waals surface area contributed by atoms with Crippen molar-refractivity contribution in [3.05, 3.63) is 59.4 Å². The van der Waals surface area contributed by atoms with Gasteiger partial charge in [-0.3, -0.25) is 4.79 Å². The Morgan fingerprint density at radius 2 is 2.04 bits per heavy atom. The Morgan fingerprint density at radius 1 is 1.22 bits per heavy atom. The quantitative estimate of drug-likeness (QED) is 0.442. The highest BCUT2D eigenvalue weighted by atomic mass is 35.5. The maximum atomic E-state index is 12.8. The number of hydrogen-bond donors (Lipinski definition) is 1. The summed E-state index contributed by atoms with van der Waals surface area (Å²) in [6, 6.07) is 15.9. The van der Waals surface area contributed by atoms with Crippen LogP contribution in [0.5, 0.6) is 0 Å². The number of nitrogens with one attached hydrogen (secondary N) is 1. The number of aromatic amines is 1. The van der Waals surface area contributed by atoms with E-state index in [1.54, 1.807) is 11.8 Å². The molecule has 1 aliphatic heterocycles. The van der Waals surface area contributed by atoms with Gasteiger partial charge in [0, 0.05) is 22.9 Å². The molecular formula is C21H22ClN3OS. The van der Waals surface area contributed by atoms with Crippen LogP contribution in [-0.2, 0) is 4.79 Å². The molecule has 0 spiro atoms. The number of amides is 1. The second-order valence-electron chi connectivity index (χ2n) is 6.79. The third-order valence-corrected chi connectivity index (χ3v) is 6.26. The van der Waals surface area contributed by atoms with E-state index in [9.17, 15) is 4.79 Å². The third kappa shape index (κ3) is 4.30. The summed E-state index contributed by atoms with van der Waals surface area (Å²) in [5.41, 5.74) is 2.00. The number of aromatic nitrogens is 2. The number of nitrogens with zero attached hydrogens (tertiary/aromatic N) is 2. The number of likely N-dealkylation sites (tertiary alicyclic amines) is 1. The third-order valence-electron chi connectivity index (χ3n) is 4.91. The number of rotatable bonds is 6. The first-order valence-electron chi connectivity index (χ1n) is 9.33. The topological polar surface area (TPSA) is 49.0 Å². The summed E-state index contributed by atoms with van der Waals surface area (Å²) in [6.45, 7) is 0.824. The predicted octanol–water partition coefficient (Wildman–Crippen LogP) is 5.45. The number of fused-ring (bicyclic) bond motifs is 1. The van der Waals surface area contributed by atoms with Crippen molar-refractivity contribution in [2.75, 3.05) is 12.3 Å². The van der Waals surface area contributed by atoms with Crippen LogP contribution in [0.4, 0.5) is 0 Å². The van der Waals surface area contributed by atoms with Crippen LogP contribution in [0.1, 0.15) is 37.5 Å². The highest BCUT2D eigenvalue weighted by molar-refractivity contribution is 7.99. The Hall–Kier alpha value is -1.98. The number of halogens is 1. The Balaban J connectivity index is 1.32. The highest BCUT2D eigenvalue weighted by Gasteiger charge is 2.31. The van der Waals surface area contributed by atoms with E-state index in [1.165, 1.54) is 4.90 Å². The molecule has 1 fully saturated rings. The van der Waals surface area contributed by atoms with Gasteiger partial charge in [-0.2, -0.15) is 0 Å². The fourth-order valence-electron chi connectivity index (χ4n) is 3.57. The van der Waals surface area contributed by atoms with Crippen LogP contribution in [-0.4, -0.2) is 33.1 Å². The largest absolute Gasteiger partial charge is 0.340 e. The fraction of sp³-hybridized carbons (Fsp3) is 0.333. The molecule has 1 atom stereocenters. The fourth-order valence-corrected chi connectivity index (χ4v) is 4.55. The van der Waals surface area contributed by atoms with Crippen LogP contribution in [0.25, 0.3) is 11.0 Å². The van der Waals surface area contributed by atoms with E-state index in [0.29, 0.717) is 6.42 Å². The van der Waals surface area contributed by atoms with Gasteiger partial charge in [0.2, 0.25) is 5.91 Å². The molecule has 2 heterocycles. The zero-order valence-electron chi connectivity index (χ0n) is 15.0. The lowest BCUT2D eigenvalue weighted by Crippen LogP contribution is -2.31. The van der Waals surface area contributed by atoms with Crippen LogP contribution >= 0.6 is 23.4 Å². The number of thioether (sulfide) groups is 1. The van der Waals surface area contributed by atoms with Crippen LogP contribution in [0.3, 0.4) is 0 Å². The Bertz CT molecular complexity index is 892. The van der Waals surface area contributed by atoms with Gasteiger partial charge in [0.1, 0.15) is 5.82 Å². The second-order valence-corrected chi connectivity index (χ2v) is 8.40. The number of carbonyl (C=O) groups excluding carboxylic acids is 1. The first-order valence-corrected chi connectivity index (χ1v) is 10.7. The lowest BCUT2D eigenvalue weighted by molar-refractivity contribution is -0.132. The molecule has 1 amide bonds. The van der Waals surface area contributed by atoms with Gasteiger partial charge >= 0.3 is 0 Å². The monoisotopic (exact) mass is 399 g/mol. The van der Waals surface area contributed by atoms with Crippen molar-refractivity contribution >= 4 is 40.3 Å². The van der Waals surface area contributed by atoms with Crippen LogP contribution in [0, 0.1) is 0 Å². The molecular weight excluding hydrogens is 378 g/mol. The van der Waals surface area contributed by atoms with Crippen molar-refractivity contribution < 1.29 is 4.79 Å². The standard InChI is InChI=1S/C21H22ClN3OS/c22-15-9-11-16(12-10-15)27-14-4-8-20(26)25-13-3-7-19(25)21-23-17-5-1-2-6-18(17)24-21/h1-2,5-6,9-12,19H,3-4,7-8,13-14H2,(H,23,24). The molecule has 140 valence electrons. The van der Waals surface area contributed by atoms with Gasteiger partial charge in [-0.1, -0.05) is 23.7 Å². The molecule has 0 bridgehead atoms. The van der Waals surface area contributed by atoms with Crippen LogP contribution < -0.4 is 0 Å². The van der Waals surface area contributed by atoms with Crippen LogP contribution in [0.2, 0.25) is 5.02 Å². The minimum Gasteiger partial charge on any atom is -0.340 e. The van der Waals surface area contributed by atoms with Gasteiger partial charge in [0.25, 0.3) is 0 Å². The van der Waals surface area contributed by atoms with E-state index >= 15 is 0 Å². The molecule has 6 heteroatoms. The van der Waals surface area contributed by atoms with Crippen molar-refractivity contribution in [2.24, 2.45) is 0 Å². The predicted molar refractivity (Wildman–Crippen MR) is 111 cm³/mol. The maximum absolute atomic E-state index is 12.8. The van der Waals surface area contributed by atoms with Gasteiger partial charge in [-0.25, -0.2) is 4.98 Å². The van der Waals surface area contributed by atoms with Gasteiger partial charge < -0.3 is 9.88 Å². The molecule has 0 radical (unpaired) electrons. The Kier molecular flexibility index (Phi) is 5.69. The number of imidazole rings is 1. The first-order chi connectivity index (χ1) is 13.2. The van der Waals surface area contributed by atoms with Crippen molar-refractivity contribution in [1.29, 1.82) is 0 Å². The molecule has 4 rings (SSSR count). The first kappa shape index (κ1) is 18.4. The second kappa shape index (κ2) is 8.36. The molecule has 1 saturated heterocycles. The highest BCUT2D eigenvalue weighted by Crippen LogP contribution is 2.32. The average Bonchev–Trinajstić information content (AvgIpc) is 3.33. The molecule has 0 saturated carbocycles. The van der Waals surface area contributed by atoms with Crippen molar-refractivity contribution in [3.63, 3.8) is 0 Å². The summed E-state index contributed by atoms with van der Waals surface area (Å²) in [5.74, 6) is 2.07. The summed E-state index contributed by atoms with van der Waals surface area (Å²) >= 11 is 7.68. The number of H-pyrrole nitrogens is 1. The normalized spacial score (nSPS) is 16.9. The molecule has 1 N–H and O–H groups in total. The van der Waals surface area contributed by atoms with Crippen LogP contribution in [0.15, 0.2) is 53.4 Å². The molecule has 1 aliphatic rings. The smallest absolute Gasteiger partial charge is 0.223 e. The van der Waals surface area contributed by atoms with Gasteiger partial charge in [0.15, 0.2) is 0 Å². The SMILES string of the molecule is O=C(CCCSc1ccc(Cl)cc1)N1CCCC1c1nc2ccccc2[nH]1. The summed E-state index contributed by atoms with van der Waals surface area (Å²) in [6.07, 6.45) is 3.46. The number of benzene rings is 2. The number of carbonyl (C=O) groups is 1. The average molecular weight is 400 g/mol. The summed E-state index contributed by atoms with van der Waals surface area (Å²) in [4.78, 5) is 24.1. The molecule has 2 aromatic carbocycles. The van der Waals surface area contributed by atoms with E-state index < -0.39 is 0 Å². The lowest BCUT2D eigenvalue weighted by Gasteiger charge is -2.23. The van der Waals surface area contributed by atoms with Crippen molar-refractivity contribution in [1.82, 2.24) is 14.9 Å². The molecule has 27 heavy (non-hydrogen) atoms.